The first-order valence-corrected chi connectivity index (χ1v) is 4.97. The maximum atomic E-state index is 5.56. The fourth-order valence-electron chi connectivity index (χ4n) is 0.932. The molecule has 0 saturated carbocycles. The molecule has 0 radical (unpaired) electrons. The minimum atomic E-state index is 0.643. The molecule has 0 saturated heterocycles. The van der Waals surface area contributed by atoms with Crippen LogP contribution >= 0.6 is 33.9 Å². The van der Waals surface area contributed by atoms with Crippen molar-refractivity contribution in [2.75, 3.05) is 5.73 Å². The number of hydrogen-bond acceptors (Lipinski definition) is 3. The van der Waals surface area contributed by atoms with Crippen LogP contribution in [0.25, 0.3) is 10.2 Å². The van der Waals surface area contributed by atoms with E-state index in [9.17, 15) is 0 Å². The van der Waals surface area contributed by atoms with Crippen molar-refractivity contribution in [2.24, 2.45) is 0 Å². The summed E-state index contributed by atoms with van der Waals surface area (Å²) in [6, 6.07) is 6.08. The summed E-state index contributed by atoms with van der Waals surface area (Å²) in [5, 5.41) is 0.643. The van der Waals surface area contributed by atoms with E-state index in [1.165, 1.54) is 11.3 Å². The van der Waals surface area contributed by atoms with Crippen molar-refractivity contribution in [1.29, 1.82) is 0 Å². The predicted octanol–water partition coefficient (Wildman–Crippen LogP) is 2.48. The van der Waals surface area contributed by atoms with Crippen molar-refractivity contribution >= 4 is 49.3 Å². The van der Waals surface area contributed by atoms with Gasteiger partial charge in [-0.05, 0) is 34.7 Å². The summed E-state index contributed by atoms with van der Waals surface area (Å²) in [5.74, 6) is 0. The van der Waals surface area contributed by atoms with Gasteiger partial charge in [-0.3, -0.25) is 0 Å². The minimum absolute atomic E-state index is 0.643. The highest BCUT2D eigenvalue weighted by molar-refractivity contribution is 14.1. The molecule has 0 fully saturated rings. The van der Waals surface area contributed by atoms with E-state index >= 15 is 0 Å². The van der Waals surface area contributed by atoms with E-state index in [2.05, 4.69) is 27.6 Å². The second kappa shape index (κ2) is 2.60. The van der Waals surface area contributed by atoms with Crippen LogP contribution in [-0.2, 0) is 0 Å². The van der Waals surface area contributed by atoms with E-state index in [0.717, 1.165) is 13.8 Å². The fourth-order valence-corrected chi connectivity index (χ4v) is 2.49. The van der Waals surface area contributed by atoms with Gasteiger partial charge in [0.15, 0.2) is 5.13 Å². The molecule has 1 aromatic heterocycles. The lowest BCUT2D eigenvalue weighted by molar-refractivity contribution is 1.48. The minimum Gasteiger partial charge on any atom is -0.375 e. The molecule has 0 aliphatic heterocycles. The molecule has 0 unspecified atom stereocenters. The number of thiazole rings is 1. The summed E-state index contributed by atoms with van der Waals surface area (Å²) < 4.78 is 2.32. The first-order valence-electron chi connectivity index (χ1n) is 3.08. The standard InChI is InChI=1S/C7H5IN2S/c8-4-2-1-3-5-6(4)10-7(9)11-5/h1-3H,(H2,9,10). The highest BCUT2D eigenvalue weighted by Crippen LogP contribution is 2.26. The molecule has 2 rings (SSSR count). The molecule has 4 heteroatoms. The van der Waals surface area contributed by atoms with E-state index in [0.29, 0.717) is 5.13 Å². The summed E-state index contributed by atoms with van der Waals surface area (Å²) in [7, 11) is 0. The molecule has 1 heterocycles. The van der Waals surface area contributed by atoms with Gasteiger partial charge in [0.25, 0.3) is 0 Å². The Kier molecular flexibility index (Phi) is 1.72. The van der Waals surface area contributed by atoms with Gasteiger partial charge in [0.05, 0.1) is 10.2 Å². The summed E-state index contributed by atoms with van der Waals surface area (Å²) in [5.41, 5.74) is 6.59. The van der Waals surface area contributed by atoms with Gasteiger partial charge in [0, 0.05) is 3.57 Å². The molecule has 2 N–H and O–H groups in total. The predicted molar refractivity (Wildman–Crippen MR) is 56.7 cm³/mol. The van der Waals surface area contributed by atoms with Crippen LogP contribution in [0.2, 0.25) is 0 Å². The summed E-state index contributed by atoms with van der Waals surface area (Å²) in [6.45, 7) is 0. The highest BCUT2D eigenvalue weighted by atomic mass is 127. The van der Waals surface area contributed by atoms with Gasteiger partial charge in [0.2, 0.25) is 0 Å². The molecule has 0 atom stereocenters. The molecule has 0 bridgehead atoms. The van der Waals surface area contributed by atoms with Crippen LogP contribution in [0.1, 0.15) is 0 Å². The Morgan fingerprint density at radius 2 is 2.27 bits per heavy atom. The van der Waals surface area contributed by atoms with Gasteiger partial charge in [-0.1, -0.05) is 17.4 Å². The Bertz CT molecular complexity index is 396. The summed E-state index contributed by atoms with van der Waals surface area (Å²) in [4.78, 5) is 4.20. The van der Waals surface area contributed by atoms with Crippen molar-refractivity contribution in [3.8, 4) is 0 Å². The van der Waals surface area contributed by atoms with Gasteiger partial charge >= 0.3 is 0 Å². The Morgan fingerprint density at radius 3 is 3.00 bits per heavy atom. The Hall–Kier alpha value is -0.360. The van der Waals surface area contributed by atoms with Gasteiger partial charge in [-0.2, -0.15) is 0 Å². The maximum Gasteiger partial charge on any atom is 0.181 e. The Morgan fingerprint density at radius 1 is 1.45 bits per heavy atom. The number of anilines is 1. The molecule has 56 valence electrons. The van der Waals surface area contributed by atoms with E-state index in [1.807, 2.05) is 18.2 Å². The van der Waals surface area contributed by atoms with Crippen LogP contribution in [0, 0.1) is 3.57 Å². The summed E-state index contributed by atoms with van der Waals surface area (Å²) in [6.07, 6.45) is 0. The van der Waals surface area contributed by atoms with Crippen LogP contribution in [0.4, 0.5) is 5.13 Å². The number of rotatable bonds is 0. The first-order chi connectivity index (χ1) is 5.27. The zero-order valence-corrected chi connectivity index (χ0v) is 8.52. The van der Waals surface area contributed by atoms with Crippen molar-refractivity contribution in [3.05, 3.63) is 21.8 Å². The Balaban J connectivity index is 2.90. The molecule has 0 aliphatic rings. The number of nitrogens with zero attached hydrogens (tertiary/aromatic N) is 1. The van der Waals surface area contributed by atoms with Crippen molar-refractivity contribution in [3.63, 3.8) is 0 Å². The number of fused-ring (bicyclic) bond motifs is 1. The topological polar surface area (TPSA) is 38.9 Å². The van der Waals surface area contributed by atoms with Gasteiger partial charge in [0.1, 0.15) is 0 Å². The van der Waals surface area contributed by atoms with Crippen molar-refractivity contribution in [2.45, 2.75) is 0 Å². The van der Waals surface area contributed by atoms with Crippen LogP contribution < -0.4 is 5.73 Å². The van der Waals surface area contributed by atoms with Gasteiger partial charge in [-0.15, -0.1) is 0 Å². The van der Waals surface area contributed by atoms with E-state index in [-0.39, 0.29) is 0 Å². The summed E-state index contributed by atoms with van der Waals surface area (Å²) >= 11 is 3.79. The quantitative estimate of drug-likeness (QED) is 0.751. The molecular weight excluding hydrogens is 271 g/mol. The third-order valence-electron chi connectivity index (χ3n) is 1.39. The maximum absolute atomic E-state index is 5.56. The number of aromatic nitrogens is 1. The SMILES string of the molecule is Nc1nc2c(I)cccc2s1. The van der Waals surface area contributed by atoms with E-state index < -0.39 is 0 Å². The van der Waals surface area contributed by atoms with Gasteiger partial charge in [-0.25, -0.2) is 4.98 Å². The molecule has 0 amide bonds. The van der Waals surface area contributed by atoms with Crippen LogP contribution in [0.3, 0.4) is 0 Å². The Labute approximate surface area is 81.6 Å². The zero-order valence-electron chi connectivity index (χ0n) is 5.54. The van der Waals surface area contributed by atoms with E-state index in [4.69, 9.17) is 5.73 Å². The fraction of sp³-hybridized carbons (Fsp3) is 0. The normalized spacial score (nSPS) is 10.6. The number of benzene rings is 1. The molecule has 2 aromatic rings. The van der Waals surface area contributed by atoms with Crippen molar-refractivity contribution in [1.82, 2.24) is 4.98 Å². The molecular formula is C7H5IN2S. The average Bonchev–Trinajstić information content (AvgIpc) is 2.31. The largest absolute Gasteiger partial charge is 0.375 e. The van der Waals surface area contributed by atoms with Crippen LogP contribution in [-0.4, -0.2) is 4.98 Å². The number of halogens is 1. The second-order valence-corrected chi connectivity index (χ2v) is 4.36. The monoisotopic (exact) mass is 276 g/mol. The lowest BCUT2D eigenvalue weighted by Gasteiger charge is -1.88. The molecule has 11 heavy (non-hydrogen) atoms. The second-order valence-electron chi connectivity index (χ2n) is 2.14. The third-order valence-corrected chi connectivity index (χ3v) is 3.11. The number of nitrogen functional groups attached to an aromatic ring is 1. The van der Waals surface area contributed by atoms with Crippen LogP contribution in [0.15, 0.2) is 18.2 Å². The van der Waals surface area contributed by atoms with Crippen molar-refractivity contribution < 1.29 is 0 Å². The molecule has 2 nitrogen and oxygen atoms in total. The van der Waals surface area contributed by atoms with Crippen LogP contribution in [0.5, 0.6) is 0 Å². The smallest absolute Gasteiger partial charge is 0.181 e. The third kappa shape index (κ3) is 1.20. The number of hydrogen-bond donors (Lipinski definition) is 1. The van der Waals surface area contributed by atoms with Gasteiger partial charge < -0.3 is 5.73 Å². The molecule has 1 aromatic carbocycles. The molecule has 0 aliphatic carbocycles. The number of para-hydroxylation sites is 1. The van der Waals surface area contributed by atoms with E-state index in [1.54, 1.807) is 0 Å². The average molecular weight is 276 g/mol. The number of nitrogens with two attached hydrogens (primary N) is 1. The molecule has 0 spiro atoms. The first kappa shape index (κ1) is 7.30. The lowest BCUT2D eigenvalue weighted by atomic mass is 10.3. The highest BCUT2D eigenvalue weighted by Gasteiger charge is 2.02. The lowest BCUT2D eigenvalue weighted by Crippen LogP contribution is -1.80. The zero-order chi connectivity index (χ0) is 7.84.